The Kier molecular flexibility index (Phi) is 5.54. The lowest BCUT2D eigenvalue weighted by atomic mass is 10.2. The van der Waals surface area contributed by atoms with Crippen LogP contribution in [0, 0.1) is 12.8 Å². The van der Waals surface area contributed by atoms with Crippen LogP contribution in [0.15, 0.2) is 24.3 Å². The number of rotatable bonds is 6. The van der Waals surface area contributed by atoms with Crippen LogP contribution < -0.4 is 5.32 Å². The molecule has 1 N–H and O–H groups in total. The van der Waals surface area contributed by atoms with E-state index in [1.54, 1.807) is 13.0 Å². The minimum absolute atomic E-state index is 0.262. The van der Waals surface area contributed by atoms with E-state index < -0.39 is 21.0 Å². The van der Waals surface area contributed by atoms with Crippen LogP contribution in [0.4, 0.5) is 0 Å². The van der Waals surface area contributed by atoms with E-state index in [1.807, 2.05) is 32.0 Å². The highest BCUT2D eigenvalue weighted by atomic mass is 32.2. The lowest BCUT2D eigenvalue weighted by molar-refractivity contribution is -0.120. The summed E-state index contributed by atoms with van der Waals surface area (Å²) in [4.78, 5) is 20.9. The first-order valence-electron chi connectivity index (χ1n) is 7.92. The Hall–Kier alpha value is -2.02. The predicted molar refractivity (Wildman–Crippen MR) is 94.2 cm³/mol. The van der Waals surface area contributed by atoms with Gasteiger partial charge in [0, 0.05) is 6.54 Å². The number of amides is 1. The van der Waals surface area contributed by atoms with Crippen molar-refractivity contribution in [3.8, 4) is 0 Å². The van der Waals surface area contributed by atoms with Crippen molar-refractivity contribution in [2.45, 2.75) is 38.7 Å². The van der Waals surface area contributed by atoms with Crippen LogP contribution >= 0.6 is 0 Å². The largest absolute Gasteiger partial charge is 0.355 e. The second-order valence-corrected chi connectivity index (χ2v) is 8.65. The highest BCUT2D eigenvalue weighted by Gasteiger charge is 2.29. The number of aromatic nitrogens is 2. The Bertz CT molecular complexity index is 847. The van der Waals surface area contributed by atoms with Gasteiger partial charge in [0.1, 0.15) is 5.25 Å². The fourth-order valence-electron chi connectivity index (χ4n) is 2.19. The third-order valence-electron chi connectivity index (χ3n) is 3.77. The van der Waals surface area contributed by atoms with E-state index in [-0.39, 0.29) is 11.7 Å². The molecular formula is C17H23N3O3S. The number of carbonyl (C=O) groups excluding carboxylic acids is 1. The van der Waals surface area contributed by atoms with E-state index in [4.69, 9.17) is 0 Å². The average Bonchev–Trinajstić information content (AvgIpc) is 2.52. The zero-order chi connectivity index (χ0) is 17.9. The van der Waals surface area contributed by atoms with E-state index >= 15 is 0 Å². The van der Waals surface area contributed by atoms with E-state index in [0.29, 0.717) is 23.4 Å². The van der Waals surface area contributed by atoms with Crippen molar-refractivity contribution in [2.24, 2.45) is 5.92 Å². The number of nitrogens with zero attached hydrogens (tertiary/aromatic N) is 2. The summed E-state index contributed by atoms with van der Waals surface area (Å²) in [5.41, 5.74) is 2.31. The molecule has 2 aromatic rings. The molecule has 24 heavy (non-hydrogen) atoms. The summed E-state index contributed by atoms with van der Waals surface area (Å²) in [5.74, 6) is -0.514. The van der Waals surface area contributed by atoms with Gasteiger partial charge in [-0.15, -0.1) is 0 Å². The summed E-state index contributed by atoms with van der Waals surface area (Å²) in [6, 6.07) is 7.30. The third-order valence-corrected chi connectivity index (χ3v) is 5.74. The molecule has 1 heterocycles. The highest BCUT2D eigenvalue weighted by molar-refractivity contribution is 7.92. The number of fused-ring (bicyclic) bond motifs is 1. The molecule has 0 radical (unpaired) electrons. The fraction of sp³-hybridized carbons (Fsp3) is 0.471. The van der Waals surface area contributed by atoms with Crippen LogP contribution in [0.25, 0.3) is 11.0 Å². The van der Waals surface area contributed by atoms with Crippen molar-refractivity contribution in [2.75, 3.05) is 6.54 Å². The molecule has 0 saturated carbocycles. The number of sulfone groups is 1. The van der Waals surface area contributed by atoms with Gasteiger partial charge in [-0.3, -0.25) is 4.79 Å². The Balaban J connectivity index is 2.22. The Morgan fingerprint density at radius 2 is 1.71 bits per heavy atom. The van der Waals surface area contributed by atoms with Crippen LogP contribution in [0.3, 0.4) is 0 Å². The van der Waals surface area contributed by atoms with Crippen molar-refractivity contribution in [3.63, 3.8) is 0 Å². The first-order chi connectivity index (χ1) is 11.2. The zero-order valence-electron chi connectivity index (χ0n) is 14.4. The fourth-order valence-corrected chi connectivity index (χ4v) is 3.50. The van der Waals surface area contributed by atoms with Gasteiger partial charge < -0.3 is 5.32 Å². The monoisotopic (exact) mass is 349 g/mol. The maximum absolute atomic E-state index is 12.5. The molecule has 0 fully saturated rings. The van der Waals surface area contributed by atoms with Gasteiger partial charge >= 0.3 is 0 Å². The number of benzene rings is 1. The number of para-hydroxylation sites is 2. The predicted octanol–water partition coefficient (Wildman–Crippen LogP) is 2.01. The lowest BCUT2D eigenvalue weighted by Crippen LogP contribution is -2.40. The molecule has 0 spiro atoms. The maximum Gasteiger partial charge on any atom is 0.238 e. The SMILES string of the molecule is Cc1nc2ccccc2nc1CS(=O)(=O)[C@@H](C)C(=O)NCC(C)C. The van der Waals surface area contributed by atoms with Crippen molar-refractivity contribution in [1.82, 2.24) is 15.3 Å². The second kappa shape index (κ2) is 7.25. The second-order valence-electron chi connectivity index (χ2n) is 6.33. The van der Waals surface area contributed by atoms with E-state index in [0.717, 1.165) is 5.52 Å². The molecule has 1 atom stereocenters. The summed E-state index contributed by atoms with van der Waals surface area (Å²) in [5, 5.41) is 1.54. The minimum Gasteiger partial charge on any atom is -0.355 e. The molecular weight excluding hydrogens is 326 g/mol. The topological polar surface area (TPSA) is 89.0 Å². The lowest BCUT2D eigenvalue weighted by Gasteiger charge is -2.15. The molecule has 2 rings (SSSR count). The minimum atomic E-state index is -3.67. The molecule has 0 bridgehead atoms. The summed E-state index contributed by atoms with van der Waals surface area (Å²) >= 11 is 0. The molecule has 0 unspecified atom stereocenters. The molecule has 0 aliphatic carbocycles. The standard InChI is InChI=1S/C17H23N3O3S/c1-11(2)9-18-17(21)13(4)24(22,23)10-16-12(3)19-14-7-5-6-8-15(14)20-16/h5-8,11,13H,9-10H2,1-4H3,(H,18,21)/t13-/m0/s1. The van der Waals surface area contributed by atoms with Gasteiger partial charge in [-0.1, -0.05) is 26.0 Å². The summed E-state index contributed by atoms with van der Waals surface area (Å²) in [6.07, 6.45) is 0. The molecule has 0 aliphatic heterocycles. The maximum atomic E-state index is 12.5. The van der Waals surface area contributed by atoms with Crippen molar-refractivity contribution < 1.29 is 13.2 Å². The van der Waals surface area contributed by atoms with Gasteiger partial charge in [0.2, 0.25) is 5.91 Å². The number of hydrogen-bond donors (Lipinski definition) is 1. The van der Waals surface area contributed by atoms with Crippen LogP contribution in [0.1, 0.15) is 32.2 Å². The van der Waals surface area contributed by atoms with Crippen molar-refractivity contribution >= 4 is 26.8 Å². The Labute approximate surface area is 142 Å². The van der Waals surface area contributed by atoms with Gasteiger partial charge in [0.05, 0.1) is 28.2 Å². The average molecular weight is 349 g/mol. The van der Waals surface area contributed by atoms with Crippen LogP contribution in [-0.4, -0.2) is 36.1 Å². The first-order valence-corrected chi connectivity index (χ1v) is 9.64. The van der Waals surface area contributed by atoms with Gasteiger partial charge in [-0.05, 0) is 31.9 Å². The normalized spacial score (nSPS) is 13.2. The third kappa shape index (κ3) is 4.29. The summed E-state index contributed by atoms with van der Waals surface area (Å²) < 4.78 is 25.1. The van der Waals surface area contributed by atoms with E-state index in [1.165, 1.54) is 6.92 Å². The van der Waals surface area contributed by atoms with Crippen LogP contribution in [0.2, 0.25) is 0 Å². The zero-order valence-corrected chi connectivity index (χ0v) is 15.2. The number of aryl methyl sites for hydroxylation is 1. The quantitative estimate of drug-likeness (QED) is 0.862. The van der Waals surface area contributed by atoms with Crippen LogP contribution in [0.5, 0.6) is 0 Å². The molecule has 0 aliphatic rings. The molecule has 7 heteroatoms. The van der Waals surface area contributed by atoms with E-state index in [2.05, 4.69) is 15.3 Å². The van der Waals surface area contributed by atoms with Gasteiger partial charge in [-0.2, -0.15) is 0 Å². The van der Waals surface area contributed by atoms with Crippen molar-refractivity contribution in [3.05, 3.63) is 35.7 Å². The smallest absolute Gasteiger partial charge is 0.238 e. The number of carbonyl (C=O) groups is 1. The summed E-state index contributed by atoms with van der Waals surface area (Å²) in [6.45, 7) is 7.50. The number of hydrogen-bond acceptors (Lipinski definition) is 5. The summed E-state index contributed by atoms with van der Waals surface area (Å²) in [7, 11) is -3.67. The molecule has 1 aromatic carbocycles. The molecule has 6 nitrogen and oxygen atoms in total. The van der Waals surface area contributed by atoms with Gasteiger partial charge in [-0.25, -0.2) is 18.4 Å². The van der Waals surface area contributed by atoms with Crippen molar-refractivity contribution in [1.29, 1.82) is 0 Å². The van der Waals surface area contributed by atoms with Crippen LogP contribution in [-0.2, 0) is 20.4 Å². The molecule has 130 valence electrons. The highest BCUT2D eigenvalue weighted by Crippen LogP contribution is 2.16. The Morgan fingerprint density at radius 3 is 2.29 bits per heavy atom. The van der Waals surface area contributed by atoms with E-state index in [9.17, 15) is 13.2 Å². The molecule has 1 amide bonds. The number of nitrogens with one attached hydrogen (secondary N) is 1. The Morgan fingerprint density at radius 1 is 1.12 bits per heavy atom. The molecule has 0 saturated heterocycles. The van der Waals surface area contributed by atoms with Gasteiger partial charge in [0.15, 0.2) is 9.84 Å². The first kappa shape index (κ1) is 18.3. The van der Waals surface area contributed by atoms with Gasteiger partial charge in [0.25, 0.3) is 0 Å². The molecule has 1 aromatic heterocycles.